The molecular formula is C13H13NO4S3. The summed E-state index contributed by atoms with van der Waals surface area (Å²) in [4.78, 5) is 11.0. The van der Waals surface area contributed by atoms with Crippen LogP contribution in [-0.4, -0.2) is 29.8 Å². The summed E-state index contributed by atoms with van der Waals surface area (Å²) in [6.07, 6.45) is 1.72. The van der Waals surface area contributed by atoms with Crippen LogP contribution in [0.2, 0.25) is 0 Å². The Morgan fingerprint density at radius 3 is 2.67 bits per heavy atom. The van der Waals surface area contributed by atoms with Crippen LogP contribution >= 0.6 is 22.7 Å². The van der Waals surface area contributed by atoms with Crippen molar-refractivity contribution in [1.29, 1.82) is 0 Å². The van der Waals surface area contributed by atoms with Gasteiger partial charge in [-0.15, -0.1) is 11.3 Å². The van der Waals surface area contributed by atoms with E-state index in [2.05, 4.69) is 0 Å². The molecule has 0 bridgehead atoms. The molecule has 5 nitrogen and oxygen atoms in total. The lowest BCUT2D eigenvalue weighted by Gasteiger charge is -2.20. The highest BCUT2D eigenvalue weighted by Crippen LogP contribution is 2.35. The molecule has 1 aliphatic rings. The topological polar surface area (TPSA) is 74.7 Å². The van der Waals surface area contributed by atoms with Gasteiger partial charge in [-0.3, -0.25) is 0 Å². The number of sulfonamides is 1. The molecule has 1 saturated carbocycles. The maximum absolute atomic E-state index is 12.7. The number of thiophene rings is 2. The minimum Gasteiger partial charge on any atom is -0.477 e. The first-order chi connectivity index (χ1) is 9.98. The Bertz CT molecular complexity index is 744. The number of carboxylic acids is 1. The van der Waals surface area contributed by atoms with Crippen LogP contribution in [0.5, 0.6) is 0 Å². The fourth-order valence-corrected chi connectivity index (χ4v) is 5.47. The molecule has 21 heavy (non-hydrogen) atoms. The normalized spacial score (nSPS) is 15.5. The molecule has 0 aliphatic heterocycles. The Hall–Kier alpha value is -1.22. The summed E-state index contributed by atoms with van der Waals surface area (Å²) in [5.74, 6) is -1.10. The van der Waals surface area contributed by atoms with E-state index in [4.69, 9.17) is 5.11 Å². The Morgan fingerprint density at radius 1 is 1.38 bits per heavy atom. The van der Waals surface area contributed by atoms with Gasteiger partial charge in [0, 0.05) is 18.0 Å². The van der Waals surface area contributed by atoms with Crippen LogP contribution in [0.1, 0.15) is 28.1 Å². The molecule has 0 radical (unpaired) electrons. The molecule has 0 unspecified atom stereocenters. The second kappa shape index (κ2) is 5.53. The van der Waals surface area contributed by atoms with Gasteiger partial charge in [-0.25, -0.2) is 13.2 Å². The van der Waals surface area contributed by atoms with Crippen LogP contribution in [-0.2, 0) is 16.6 Å². The first-order valence-corrected chi connectivity index (χ1v) is 9.59. The van der Waals surface area contributed by atoms with E-state index in [1.165, 1.54) is 27.1 Å². The lowest BCUT2D eigenvalue weighted by molar-refractivity contribution is 0.0702. The summed E-state index contributed by atoms with van der Waals surface area (Å²) in [5.41, 5.74) is 0.962. The Kier molecular flexibility index (Phi) is 3.87. The van der Waals surface area contributed by atoms with Gasteiger partial charge in [0.25, 0.3) is 0 Å². The highest BCUT2D eigenvalue weighted by molar-refractivity contribution is 7.89. The molecule has 3 rings (SSSR count). The van der Waals surface area contributed by atoms with E-state index in [-0.39, 0.29) is 15.8 Å². The van der Waals surface area contributed by atoms with Crippen LogP contribution in [0.4, 0.5) is 0 Å². The molecule has 2 aromatic rings. The van der Waals surface area contributed by atoms with Gasteiger partial charge in [-0.1, -0.05) is 0 Å². The molecule has 0 spiro atoms. The Labute approximate surface area is 130 Å². The molecule has 1 N–H and O–H groups in total. The van der Waals surface area contributed by atoms with Gasteiger partial charge < -0.3 is 5.11 Å². The van der Waals surface area contributed by atoms with Crippen molar-refractivity contribution < 1.29 is 18.3 Å². The Morgan fingerprint density at radius 2 is 2.14 bits per heavy atom. The van der Waals surface area contributed by atoms with E-state index in [0.29, 0.717) is 6.54 Å². The van der Waals surface area contributed by atoms with E-state index in [1.54, 1.807) is 0 Å². The van der Waals surface area contributed by atoms with Gasteiger partial charge in [0.15, 0.2) is 0 Å². The first-order valence-electron chi connectivity index (χ1n) is 6.33. The summed E-state index contributed by atoms with van der Waals surface area (Å²) in [5, 5.41) is 14.2. The molecule has 1 fully saturated rings. The molecule has 0 saturated heterocycles. The van der Waals surface area contributed by atoms with Crippen molar-refractivity contribution in [3.8, 4) is 0 Å². The third-order valence-electron chi connectivity index (χ3n) is 3.27. The van der Waals surface area contributed by atoms with Crippen molar-refractivity contribution in [3.05, 3.63) is 38.7 Å². The Balaban J connectivity index is 1.91. The summed E-state index contributed by atoms with van der Waals surface area (Å²) in [7, 11) is -3.64. The standard InChI is InChI=1S/C13H13NO4S3/c15-13(16)12-5-11(8-20-12)21(17,18)14(10-1-2-10)6-9-3-4-19-7-9/h3-5,7-8,10H,1-2,6H2,(H,15,16). The minimum absolute atomic E-state index is 0.0306. The highest BCUT2D eigenvalue weighted by atomic mass is 32.2. The van der Waals surface area contributed by atoms with Crippen LogP contribution < -0.4 is 0 Å². The molecular weight excluding hydrogens is 330 g/mol. The van der Waals surface area contributed by atoms with Gasteiger partial charge in [-0.05, 0) is 41.3 Å². The van der Waals surface area contributed by atoms with E-state index in [9.17, 15) is 13.2 Å². The van der Waals surface area contributed by atoms with Crippen molar-refractivity contribution in [3.63, 3.8) is 0 Å². The minimum atomic E-state index is -3.64. The number of hydrogen-bond donors (Lipinski definition) is 1. The second-order valence-corrected chi connectivity index (χ2v) is 8.45. The summed E-state index contributed by atoms with van der Waals surface area (Å²) >= 11 is 2.47. The number of nitrogens with zero attached hydrogens (tertiary/aromatic N) is 1. The van der Waals surface area contributed by atoms with Gasteiger partial charge in [-0.2, -0.15) is 15.6 Å². The number of carboxylic acid groups (broad SMARTS) is 1. The van der Waals surface area contributed by atoms with E-state index >= 15 is 0 Å². The zero-order valence-electron chi connectivity index (χ0n) is 10.9. The van der Waals surface area contributed by atoms with Crippen molar-refractivity contribution >= 4 is 38.7 Å². The average molecular weight is 343 g/mol. The monoisotopic (exact) mass is 343 g/mol. The van der Waals surface area contributed by atoms with Crippen LogP contribution in [0.3, 0.4) is 0 Å². The fourth-order valence-electron chi connectivity index (χ4n) is 2.04. The van der Waals surface area contributed by atoms with Crippen molar-refractivity contribution in [2.45, 2.75) is 30.3 Å². The predicted octanol–water partition coefficient (Wildman–Crippen LogP) is 2.86. The molecule has 0 atom stereocenters. The van der Waals surface area contributed by atoms with Gasteiger partial charge in [0.1, 0.15) is 4.88 Å². The zero-order chi connectivity index (χ0) is 15.0. The average Bonchev–Trinajstić information content (AvgIpc) is 2.95. The van der Waals surface area contributed by atoms with Crippen molar-refractivity contribution in [1.82, 2.24) is 4.31 Å². The van der Waals surface area contributed by atoms with E-state index in [1.807, 2.05) is 16.8 Å². The third-order valence-corrected chi connectivity index (χ3v) is 6.94. The molecule has 1 aliphatic carbocycles. The number of carbonyl (C=O) groups is 1. The van der Waals surface area contributed by atoms with Crippen LogP contribution in [0.15, 0.2) is 33.2 Å². The number of rotatable bonds is 6. The van der Waals surface area contributed by atoms with Crippen molar-refractivity contribution in [2.75, 3.05) is 0 Å². The second-order valence-electron chi connectivity index (χ2n) is 4.86. The molecule has 2 heterocycles. The SMILES string of the molecule is O=C(O)c1cc(S(=O)(=O)N(Cc2ccsc2)C2CC2)cs1. The number of aromatic carboxylic acids is 1. The third kappa shape index (κ3) is 3.03. The van der Waals surface area contributed by atoms with Gasteiger partial charge in [0.05, 0.1) is 4.90 Å². The quantitative estimate of drug-likeness (QED) is 0.875. The lowest BCUT2D eigenvalue weighted by Crippen LogP contribution is -2.32. The maximum Gasteiger partial charge on any atom is 0.345 e. The van der Waals surface area contributed by atoms with Crippen LogP contribution in [0.25, 0.3) is 0 Å². The summed E-state index contributed by atoms with van der Waals surface area (Å²) in [6.45, 7) is 0.342. The first kappa shape index (κ1) is 14.7. The summed E-state index contributed by atoms with van der Waals surface area (Å²) in [6, 6.07) is 3.18. The smallest absolute Gasteiger partial charge is 0.345 e. The molecule has 8 heteroatoms. The molecule has 0 aromatic carbocycles. The van der Waals surface area contributed by atoms with Crippen LogP contribution in [0, 0.1) is 0 Å². The fraction of sp³-hybridized carbons (Fsp3) is 0.308. The molecule has 112 valence electrons. The zero-order valence-corrected chi connectivity index (χ0v) is 13.4. The van der Waals surface area contributed by atoms with Crippen molar-refractivity contribution in [2.24, 2.45) is 0 Å². The van der Waals surface area contributed by atoms with E-state index < -0.39 is 16.0 Å². The lowest BCUT2D eigenvalue weighted by atomic mass is 10.3. The van der Waals surface area contributed by atoms with Gasteiger partial charge in [0.2, 0.25) is 10.0 Å². The largest absolute Gasteiger partial charge is 0.477 e. The number of hydrogen-bond acceptors (Lipinski definition) is 5. The maximum atomic E-state index is 12.7. The molecule has 2 aromatic heterocycles. The summed E-state index contributed by atoms with van der Waals surface area (Å²) < 4.78 is 26.9. The predicted molar refractivity (Wildman–Crippen MR) is 81.3 cm³/mol. The molecule has 0 amide bonds. The van der Waals surface area contributed by atoms with Gasteiger partial charge >= 0.3 is 5.97 Å². The highest BCUT2D eigenvalue weighted by Gasteiger charge is 2.38. The van der Waals surface area contributed by atoms with E-state index in [0.717, 1.165) is 29.7 Å².